The van der Waals surface area contributed by atoms with Gasteiger partial charge in [-0.3, -0.25) is 4.79 Å². The van der Waals surface area contributed by atoms with Gasteiger partial charge in [-0.25, -0.2) is 13.1 Å². The van der Waals surface area contributed by atoms with Gasteiger partial charge in [-0.2, -0.15) is 13.2 Å². The van der Waals surface area contributed by atoms with Gasteiger partial charge in [0.1, 0.15) is 6.54 Å². The molecule has 1 amide bonds. The van der Waals surface area contributed by atoms with Crippen LogP contribution in [0.2, 0.25) is 0 Å². The number of hydrogen-bond acceptors (Lipinski definition) is 3. The molecule has 1 aromatic carbocycles. The van der Waals surface area contributed by atoms with E-state index in [1.807, 2.05) is 0 Å². The largest absolute Gasteiger partial charge is 0.406 e. The first kappa shape index (κ1) is 20.2. The highest BCUT2D eigenvalue weighted by Crippen LogP contribution is 2.22. The number of nitrogens with zero attached hydrogens (tertiary/aromatic N) is 1. The highest BCUT2D eigenvalue weighted by atomic mass is 32.2. The minimum atomic E-state index is -4.50. The van der Waals surface area contributed by atoms with Crippen LogP contribution >= 0.6 is 0 Å². The highest BCUT2D eigenvalue weighted by Gasteiger charge is 2.32. The molecule has 0 heterocycles. The number of benzene rings is 1. The van der Waals surface area contributed by atoms with Crippen LogP contribution in [0.4, 0.5) is 13.2 Å². The SMILES string of the molecule is C=CCN(CC(F)(F)F)C(=O)/C=C/c1ccc(S(=O)(=O)NC2CC2)cc1. The van der Waals surface area contributed by atoms with Crippen LogP contribution in [0.3, 0.4) is 0 Å². The molecule has 1 saturated carbocycles. The predicted molar refractivity (Wildman–Crippen MR) is 91.7 cm³/mol. The molecule has 0 unspecified atom stereocenters. The number of alkyl halides is 3. The standard InChI is InChI=1S/C17H19F3N2O3S/c1-2-11-22(12-17(18,19)20)16(23)10-5-13-3-8-15(9-4-13)26(24,25)21-14-6-7-14/h2-5,8-10,14,21H,1,6-7,11-12H2/b10-5+. The minimum Gasteiger partial charge on any atom is -0.326 e. The van der Waals surface area contributed by atoms with E-state index in [1.54, 1.807) is 0 Å². The molecule has 1 aromatic rings. The van der Waals surface area contributed by atoms with Crippen LogP contribution in [0.1, 0.15) is 18.4 Å². The van der Waals surface area contributed by atoms with Crippen LogP contribution < -0.4 is 4.72 Å². The third kappa shape index (κ3) is 6.30. The Morgan fingerprint density at radius 1 is 1.27 bits per heavy atom. The lowest BCUT2D eigenvalue weighted by molar-refractivity contribution is -0.157. The van der Waals surface area contributed by atoms with Crippen molar-refractivity contribution in [1.82, 2.24) is 9.62 Å². The molecule has 0 bridgehead atoms. The fourth-order valence-electron chi connectivity index (χ4n) is 2.12. The third-order valence-corrected chi connectivity index (χ3v) is 5.08. The lowest BCUT2D eigenvalue weighted by Crippen LogP contribution is -2.38. The molecule has 0 saturated heterocycles. The number of rotatable bonds is 8. The van der Waals surface area contributed by atoms with E-state index in [4.69, 9.17) is 0 Å². The van der Waals surface area contributed by atoms with Gasteiger partial charge < -0.3 is 4.90 Å². The Balaban J connectivity index is 2.04. The molecule has 1 aliphatic carbocycles. The lowest BCUT2D eigenvalue weighted by atomic mass is 10.2. The van der Waals surface area contributed by atoms with E-state index < -0.39 is 28.7 Å². The van der Waals surface area contributed by atoms with E-state index in [-0.39, 0.29) is 17.5 Å². The first-order valence-corrected chi connectivity index (χ1v) is 9.36. The second-order valence-electron chi connectivity index (χ2n) is 5.92. The van der Waals surface area contributed by atoms with Gasteiger partial charge in [0.15, 0.2) is 0 Å². The Bertz CT molecular complexity index is 782. The van der Waals surface area contributed by atoms with Crippen molar-refractivity contribution in [1.29, 1.82) is 0 Å². The van der Waals surface area contributed by atoms with Gasteiger partial charge in [-0.1, -0.05) is 18.2 Å². The smallest absolute Gasteiger partial charge is 0.326 e. The van der Waals surface area contributed by atoms with Crippen LogP contribution in [0.5, 0.6) is 0 Å². The summed E-state index contributed by atoms with van der Waals surface area (Å²) in [6.07, 6.45) is 0.699. The summed E-state index contributed by atoms with van der Waals surface area (Å²) < 4.78 is 64.1. The van der Waals surface area contributed by atoms with Crippen LogP contribution in [0.25, 0.3) is 6.08 Å². The summed E-state index contributed by atoms with van der Waals surface area (Å²) in [6, 6.07) is 5.71. The second kappa shape index (κ2) is 8.05. The average Bonchev–Trinajstić information content (AvgIpc) is 3.34. The number of sulfonamides is 1. The maximum atomic E-state index is 12.5. The Hall–Kier alpha value is -2.13. The number of carbonyl (C=O) groups excluding carboxylic acids is 1. The molecule has 2 rings (SSSR count). The fourth-order valence-corrected chi connectivity index (χ4v) is 3.43. The summed E-state index contributed by atoms with van der Waals surface area (Å²) >= 11 is 0. The van der Waals surface area contributed by atoms with Crippen molar-refractivity contribution < 1.29 is 26.4 Å². The lowest BCUT2D eigenvalue weighted by Gasteiger charge is -2.20. The summed E-state index contributed by atoms with van der Waals surface area (Å²) in [6.45, 7) is 1.74. The Kier molecular flexibility index (Phi) is 6.25. The molecule has 0 aliphatic heterocycles. The third-order valence-electron chi connectivity index (χ3n) is 3.54. The second-order valence-corrected chi connectivity index (χ2v) is 7.63. The molecule has 1 N–H and O–H groups in total. The van der Waals surface area contributed by atoms with Gasteiger partial charge in [-0.15, -0.1) is 6.58 Å². The highest BCUT2D eigenvalue weighted by molar-refractivity contribution is 7.89. The van der Waals surface area contributed by atoms with Crippen molar-refractivity contribution >= 4 is 22.0 Å². The zero-order chi connectivity index (χ0) is 19.4. The van der Waals surface area contributed by atoms with Crippen molar-refractivity contribution in [2.24, 2.45) is 0 Å². The quantitative estimate of drug-likeness (QED) is 0.550. The summed E-state index contributed by atoms with van der Waals surface area (Å²) in [7, 11) is -3.57. The van der Waals surface area contributed by atoms with Crippen molar-refractivity contribution in [3.63, 3.8) is 0 Å². The molecule has 0 atom stereocenters. The molecule has 9 heteroatoms. The van der Waals surface area contributed by atoms with Gasteiger partial charge in [0.25, 0.3) is 0 Å². The monoisotopic (exact) mass is 388 g/mol. The summed E-state index contributed by atoms with van der Waals surface area (Å²) in [4.78, 5) is 12.6. The van der Waals surface area contributed by atoms with E-state index in [0.717, 1.165) is 18.9 Å². The predicted octanol–water partition coefficient (Wildman–Crippen LogP) is 2.72. The topological polar surface area (TPSA) is 66.5 Å². The van der Waals surface area contributed by atoms with E-state index >= 15 is 0 Å². The summed E-state index contributed by atoms with van der Waals surface area (Å²) in [5, 5.41) is 0. The molecular formula is C17H19F3N2O3S. The molecule has 0 aromatic heterocycles. The van der Waals surface area contributed by atoms with Gasteiger partial charge in [0.2, 0.25) is 15.9 Å². The Labute approximate surface area is 150 Å². The molecule has 1 aliphatic rings. The van der Waals surface area contributed by atoms with Crippen molar-refractivity contribution in [3.8, 4) is 0 Å². The first-order chi connectivity index (χ1) is 12.1. The van der Waals surface area contributed by atoms with Crippen LogP contribution in [-0.2, 0) is 14.8 Å². The summed E-state index contributed by atoms with van der Waals surface area (Å²) in [5.41, 5.74) is 0.495. The average molecular weight is 388 g/mol. The zero-order valence-corrected chi connectivity index (χ0v) is 14.7. The van der Waals surface area contributed by atoms with Gasteiger partial charge in [0, 0.05) is 18.7 Å². The van der Waals surface area contributed by atoms with E-state index in [0.29, 0.717) is 10.5 Å². The van der Waals surface area contributed by atoms with Crippen LogP contribution in [0, 0.1) is 0 Å². The normalized spacial score (nSPS) is 15.2. The number of amides is 1. The van der Waals surface area contributed by atoms with E-state index in [1.165, 1.54) is 36.4 Å². The first-order valence-electron chi connectivity index (χ1n) is 7.88. The van der Waals surface area contributed by atoms with Gasteiger partial charge in [-0.05, 0) is 36.6 Å². The molecule has 0 spiro atoms. The molecule has 142 valence electrons. The summed E-state index contributed by atoms with van der Waals surface area (Å²) in [5.74, 6) is -0.811. The number of carbonyl (C=O) groups is 1. The Morgan fingerprint density at radius 3 is 2.38 bits per heavy atom. The van der Waals surface area contributed by atoms with E-state index in [2.05, 4.69) is 11.3 Å². The number of hydrogen-bond donors (Lipinski definition) is 1. The molecule has 26 heavy (non-hydrogen) atoms. The fraction of sp³-hybridized carbons (Fsp3) is 0.353. The number of halogens is 3. The van der Waals surface area contributed by atoms with Crippen LogP contribution in [-0.4, -0.2) is 44.5 Å². The number of nitrogens with one attached hydrogen (secondary N) is 1. The zero-order valence-electron chi connectivity index (χ0n) is 13.9. The van der Waals surface area contributed by atoms with Gasteiger partial charge in [0.05, 0.1) is 4.90 Å². The molecule has 5 nitrogen and oxygen atoms in total. The minimum absolute atomic E-state index is 0.0123. The van der Waals surface area contributed by atoms with Crippen molar-refractivity contribution in [3.05, 3.63) is 48.6 Å². The van der Waals surface area contributed by atoms with E-state index in [9.17, 15) is 26.4 Å². The molecule has 1 fully saturated rings. The molecular weight excluding hydrogens is 369 g/mol. The van der Waals surface area contributed by atoms with Crippen LogP contribution in [0.15, 0.2) is 47.9 Å². The maximum Gasteiger partial charge on any atom is 0.406 e. The van der Waals surface area contributed by atoms with Crippen molar-refractivity contribution in [2.45, 2.75) is 30.0 Å². The maximum absolute atomic E-state index is 12.5. The van der Waals surface area contributed by atoms with Gasteiger partial charge >= 0.3 is 6.18 Å². The Morgan fingerprint density at radius 2 is 1.88 bits per heavy atom. The molecule has 0 radical (unpaired) electrons. The van der Waals surface area contributed by atoms with Crippen molar-refractivity contribution in [2.75, 3.05) is 13.1 Å².